The van der Waals surface area contributed by atoms with E-state index in [1.165, 1.54) is 0 Å². The highest BCUT2D eigenvalue weighted by molar-refractivity contribution is 6.29. The fourth-order valence-electron chi connectivity index (χ4n) is 1.20. The van der Waals surface area contributed by atoms with Gasteiger partial charge < -0.3 is 5.11 Å². The Balaban J connectivity index is 0.000000921. The van der Waals surface area contributed by atoms with E-state index in [4.69, 9.17) is 11.6 Å². The van der Waals surface area contributed by atoms with Gasteiger partial charge in [0.1, 0.15) is 10.9 Å². The molecule has 1 aromatic heterocycles. The smallest absolute Gasteiger partial charge is 0.140 e. The Morgan fingerprint density at radius 2 is 1.73 bits per heavy atom. The fourth-order valence-corrected chi connectivity index (χ4v) is 1.44. The second kappa shape index (κ2) is 5.36. The summed E-state index contributed by atoms with van der Waals surface area (Å²) in [5.41, 5.74) is 1.31. The van der Waals surface area contributed by atoms with Crippen LogP contribution in [0.25, 0.3) is 0 Å². The SMILES string of the molecule is CC.Cc1nc(Cl)cc(C(C)(C)C)c1O. The number of aryl methyl sites for hydroxylation is 1. The minimum atomic E-state index is -0.110. The molecule has 0 aliphatic heterocycles. The molecule has 0 spiro atoms. The first-order valence-corrected chi connectivity index (χ1v) is 5.57. The molecule has 0 aromatic carbocycles. The van der Waals surface area contributed by atoms with Crippen LogP contribution in [0, 0.1) is 6.92 Å². The van der Waals surface area contributed by atoms with Crippen LogP contribution in [0.2, 0.25) is 5.15 Å². The molecule has 0 saturated carbocycles. The number of rotatable bonds is 0. The first-order chi connectivity index (χ1) is 6.82. The van der Waals surface area contributed by atoms with Crippen LogP contribution >= 0.6 is 11.6 Å². The van der Waals surface area contributed by atoms with Gasteiger partial charge in [-0.25, -0.2) is 4.98 Å². The average molecular weight is 230 g/mol. The van der Waals surface area contributed by atoms with E-state index in [0.29, 0.717) is 10.8 Å². The summed E-state index contributed by atoms with van der Waals surface area (Å²) in [6.07, 6.45) is 0. The number of hydrogen-bond donors (Lipinski definition) is 1. The van der Waals surface area contributed by atoms with Gasteiger partial charge in [0.05, 0.1) is 5.69 Å². The first-order valence-electron chi connectivity index (χ1n) is 5.19. The highest BCUT2D eigenvalue weighted by atomic mass is 35.5. The monoisotopic (exact) mass is 229 g/mol. The van der Waals surface area contributed by atoms with E-state index in [9.17, 15) is 5.11 Å². The Bertz CT molecular complexity index is 329. The third-order valence-electron chi connectivity index (χ3n) is 1.94. The molecular weight excluding hydrogens is 210 g/mol. The number of halogens is 1. The van der Waals surface area contributed by atoms with E-state index in [2.05, 4.69) is 4.98 Å². The molecule has 0 bridgehead atoms. The van der Waals surface area contributed by atoms with Crippen molar-refractivity contribution in [2.45, 2.75) is 47.0 Å². The molecule has 0 aliphatic rings. The van der Waals surface area contributed by atoms with Crippen LogP contribution in [-0.2, 0) is 5.41 Å². The van der Waals surface area contributed by atoms with Gasteiger partial charge in [-0.2, -0.15) is 0 Å². The second-order valence-electron chi connectivity index (χ2n) is 4.18. The molecule has 1 rings (SSSR count). The summed E-state index contributed by atoms with van der Waals surface area (Å²) >= 11 is 5.81. The summed E-state index contributed by atoms with van der Waals surface area (Å²) in [6.45, 7) is 11.8. The standard InChI is InChI=1S/C10H14ClNO.C2H6/c1-6-9(13)7(10(2,3)4)5-8(11)12-6;1-2/h5,13H,1-4H3;1-2H3. The summed E-state index contributed by atoms with van der Waals surface area (Å²) in [7, 11) is 0. The Morgan fingerprint density at radius 1 is 1.27 bits per heavy atom. The van der Waals surface area contributed by atoms with Crippen LogP contribution in [0.5, 0.6) is 5.75 Å². The second-order valence-corrected chi connectivity index (χ2v) is 4.56. The third-order valence-corrected chi connectivity index (χ3v) is 2.14. The molecule has 3 heteroatoms. The van der Waals surface area contributed by atoms with E-state index >= 15 is 0 Å². The van der Waals surface area contributed by atoms with Crippen LogP contribution in [-0.4, -0.2) is 10.1 Å². The molecule has 0 aliphatic carbocycles. The summed E-state index contributed by atoms with van der Waals surface area (Å²) in [5.74, 6) is 0.247. The molecule has 0 saturated heterocycles. The minimum absolute atomic E-state index is 0.110. The van der Waals surface area contributed by atoms with E-state index in [0.717, 1.165) is 5.56 Å². The van der Waals surface area contributed by atoms with Gasteiger partial charge in [0, 0.05) is 5.56 Å². The zero-order chi connectivity index (χ0) is 12.2. The third kappa shape index (κ3) is 3.71. The van der Waals surface area contributed by atoms with Gasteiger partial charge >= 0.3 is 0 Å². The number of aromatic hydroxyl groups is 1. The van der Waals surface area contributed by atoms with Crippen molar-refractivity contribution in [2.24, 2.45) is 0 Å². The van der Waals surface area contributed by atoms with Gasteiger partial charge in [0.15, 0.2) is 0 Å². The average Bonchev–Trinajstić information content (AvgIpc) is 2.13. The van der Waals surface area contributed by atoms with E-state index in [1.54, 1.807) is 13.0 Å². The normalized spacial score (nSPS) is 10.6. The van der Waals surface area contributed by atoms with E-state index in [1.807, 2.05) is 34.6 Å². The van der Waals surface area contributed by atoms with Crippen molar-refractivity contribution in [3.05, 3.63) is 22.5 Å². The molecule has 0 amide bonds. The molecule has 1 heterocycles. The maximum Gasteiger partial charge on any atom is 0.140 e. The predicted octanol–water partition coefficient (Wildman–Crippen LogP) is 4.07. The van der Waals surface area contributed by atoms with Crippen LogP contribution in [0.4, 0.5) is 0 Å². The van der Waals surface area contributed by atoms with Gasteiger partial charge in [-0.3, -0.25) is 0 Å². The molecule has 1 N–H and O–H groups in total. The van der Waals surface area contributed by atoms with Gasteiger partial charge in [-0.1, -0.05) is 46.2 Å². The molecule has 0 unspecified atom stereocenters. The molecule has 2 nitrogen and oxygen atoms in total. The number of aromatic nitrogens is 1. The lowest BCUT2D eigenvalue weighted by Crippen LogP contribution is -2.12. The zero-order valence-electron chi connectivity index (χ0n) is 10.3. The Labute approximate surface area is 97.3 Å². The molecule has 0 atom stereocenters. The van der Waals surface area contributed by atoms with Crippen LogP contribution in [0.3, 0.4) is 0 Å². The quantitative estimate of drug-likeness (QED) is 0.681. The van der Waals surface area contributed by atoms with Gasteiger partial charge in [0.2, 0.25) is 0 Å². The summed E-state index contributed by atoms with van der Waals surface area (Å²) in [6, 6.07) is 1.71. The summed E-state index contributed by atoms with van der Waals surface area (Å²) in [5, 5.41) is 10.2. The summed E-state index contributed by atoms with van der Waals surface area (Å²) < 4.78 is 0. The lowest BCUT2D eigenvalue weighted by molar-refractivity contribution is 0.439. The van der Waals surface area contributed by atoms with Crippen LogP contribution in [0.15, 0.2) is 6.07 Å². The highest BCUT2D eigenvalue weighted by Gasteiger charge is 2.20. The van der Waals surface area contributed by atoms with Crippen molar-refractivity contribution in [3.8, 4) is 5.75 Å². The molecular formula is C12H20ClNO. The van der Waals surface area contributed by atoms with E-state index < -0.39 is 0 Å². The van der Waals surface area contributed by atoms with Crippen molar-refractivity contribution >= 4 is 11.6 Å². The van der Waals surface area contributed by atoms with Crippen molar-refractivity contribution in [1.29, 1.82) is 0 Å². The van der Waals surface area contributed by atoms with Crippen molar-refractivity contribution in [1.82, 2.24) is 4.98 Å². The van der Waals surface area contributed by atoms with Crippen molar-refractivity contribution < 1.29 is 5.11 Å². The Kier molecular flexibility index (Phi) is 5.09. The van der Waals surface area contributed by atoms with Crippen molar-refractivity contribution in [3.63, 3.8) is 0 Å². The maximum atomic E-state index is 9.74. The predicted molar refractivity (Wildman–Crippen MR) is 65.7 cm³/mol. The zero-order valence-corrected chi connectivity index (χ0v) is 11.1. The molecule has 1 aromatic rings. The van der Waals surface area contributed by atoms with Gasteiger partial charge in [-0.15, -0.1) is 0 Å². The Hall–Kier alpha value is -0.760. The molecule has 0 radical (unpaired) electrons. The molecule has 15 heavy (non-hydrogen) atoms. The highest BCUT2D eigenvalue weighted by Crippen LogP contribution is 2.33. The Morgan fingerprint density at radius 3 is 2.13 bits per heavy atom. The molecule has 0 fully saturated rings. The first kappa shape index (κ1) is 14.2. The van der Waals surface area contributed by atoms with Crippen LogP contribution in [0.1, 0.15) is 45.9 Å². The van der Waals surface area contributed by atoms with Gasteiger partial charge in [-0.05, 0) is 18.4 Å². The lowest BCUT2D eigenvalue weighted by Gasteiger charge is -2.21. The van der Waals surface area contributed by atoms with Crippen molar-refractivity contribution in [2.75, 3.05) is 0 Å². The lowest BCUT2D eigenvalue weighted by atomic mass is 9.86. The van der Waals surface area contributed by atoms with Crippen LogP contribution < -0.4 is 0 Å². The number of pyridine rings is 1. The maximum absolute atomic E-state index is 9.74. The molecule has 86 valence electrons. The van der Waals surface area contributed by atoms with Gasteiger partial charge in [0.25, 0.3) is 0 Å². The summed E-state index contributed by atoms with van der Waals surface area (Å²) in [4.78, 5) is 3.96. The fraction of sp³-hybridized carbons (Fsp3) is 0.583. The topological polar surface area (TPSA) is 33.1 Å². The largest absolute Gasteiger partial charge is 0.506 e. The minimum Gasteiger partial charge on any atom is -0.506 e. The van der Waals surface area contributed by atoms with E-state index in [-0.39, 0.29) is 11.2 Å². The number of nitrogens with zero attached hydrogens (tertiary/aromatic N) is 1. The number of hydrogen-bond acceptors (Lipinski definition) is 2.